The van der Waals surface area contributed by atoms with Crippen LogP contribution in [-0.4, -0.2) is 24.0 Å². The predicted octanol–water partition coefficient (Wildman–Crippen LogP) is 4.20. The van der Waals surface area contributed by atoms with Gasteiger partial charge in [0.15, 0.2) is 0 Å². The molecule has 9 heteroatoms. The van der Waals surface area contributed by atoms with E-state index in [-0.39, 0.29) is 11.4 Å². The van der Waals surface area contributed by atoms with Crippen LogP contribution >= 0.6 is 15.9 Å². The first-order chi connectivity index (χ1) is 15.3. The molecule has 0 fully saturated rings. The Labute approximate surface area is 191 Å². The fourth-order valence-corrected chi connectivity index (χ4v) is 2.96. The van der Waals surface area contributed by atoms with Gasteiger partial charge in [0.25, 0.3) is 0 Å². The Morgan fingerprint density at radius 1 is 1.00 bits per heavy atom. The molecule has 0 saturated carbocycles. The van der Waals surface area contributed by atoms with Gasteiger partial charge in [-0.05, 0) is 61.5 Å². The monoisotopic (exact) mass is 497 g/mol. The highest BCUT2D eigenvalue weighted by Crippen LogP contribution is 2.23. The smallest absolute Gasteiger partial charge is 0.343 e. The van der Waals surface area contributed by atoms with Gasteiger partial charge in [0.05, 0.1) is 11.8 Å². The number of carbonyl (C=O) groups is 3. The van der Waals surface area contributed by atoms with E-state index < -0.39 is 23.6 Å². The number of hydrogen-bond donors (Lipinski definition) is 2. The minimum atomic E-state index is -1.03. The summed E-state index contributed by atoms with van der Waals surface area (Å²) in [5.41, 5.74) is 4.04. The van der Waals surface area contributed by atoms with Gasteiger partial charge in [-0.25, -0.2) is 14.6 Å². The Kier molecular flexibility index (Phi) is 7.45. The molecule has 0 aliphatic rings. The molecule has 3 aromatic carbocycles. The van der Waals surface area contributed by atoms with E-state index >= 15 is 0 Å². The number of ether oxygens (including phenoxy) is 1. The lowest BCUT2D eigenvalue weighted by Crippen LogP contribution is -2.32. The van der Waals surface area contributed by atoms with E-state index in [4.69, 9.17) is 4.74 Å². The van der Waals surface area contributed by atoms with Crippen LogP contribution in [0, 0.1) is 12.7 Å². The number of benzene rings is 3. The second-order valence-electron chi connectivity index (χ2n) is 6.60. The number of nitrogens with one attached hydrogen (secondary N) is 2. The Hall–Kier alpha value is -3.85. The molecule has 0 heterocycles. The fraction of sp³-hybridized carbons (Fsp3) is 0.0435. The predicted molar refractivity (Wildman–Crippen MR) is 121 cm³/mol. The minimum Gasteiger partial charge on any atom is -0.422 e. The highest BCUT2D eigenvalue weighted by molar-refractivity contribution is 9.10. The van der Waals surface area contributed by atoms with Gasteiger partial charge in [0.1, 0.15) is 11.6 Å². The third kappa shape index (κ3) is 6.32. The maximum absolute atomic E-state index is 12.9. The molecule has 0 saturated heterocycles. The molecular weight excluding hydrogens is 481 g/mol. The molecule has 3 rings (SSSR count). The van der Waals surface area contributed by atoms with Crippen molar-refractivity contribution in [3.8, 4) is 5.75 Å². The minimum absolute atomic E-state index is 0.216. The number of esters is 1. The summed E-state index contributed by atoms with van der Waals surface area (Å²) in [5, 5.41) is 6.08. The van der Waals surface area contributed by atoms with Crippen LogP contribution in [0.3, 0.4) is 0 Å². The van der Waals surface area contributed by atoms with Crippen LogP contribution in [0.4, 0.5) is 10.1 Å². The van der Waals surface area contributed by atoms with Crippen molar-refractivity contribution in [2.75, 3.05) is 5.32 Å². The number of hydrogen-bond acceptors (Lipinski definition) is 5. The summed E-state index contributed by atoms with van der Waals surface area (Å²) < 4.78 is 19.1. The van der Waals surface area contributed by atoms with Crippen LogP contribution in [0.15, 0.2) is 76.3 Å². The molecule has 0 aliphatic heterocycles. The molecule has 7 nitrogen and oxygen atoms in total. The SMILES string of the molecule is Cc1cccc(C(=O)Oc2ccc(Br)cc2/C=N/NC(=O)C(=O)Nc2ccc(F)cc2)c1. The first-order valence-corrected chi connectivity index (χ1v) is 10.1. The van der Waals surface area contributed by atoms with E-state index in [1.807, 2.05) is 13.0 Å². The van der Waals surface area contributed by atoms with Crippen molar-refractivity contribution < 1.29 is 23.5 Å². The van der Waals surface area contributed by atoms with Gasteiger partial charge in [-0.1, -0.05) is 33.6 Å². The van der Waals surface area contributed by atoms with Gasteiger partial charge < -0.3 is 10.1 Å². The summed E-state index contributed by atoms with van der Waals surface area (Å²) in [4.78, 5) is 36.3. The van der Waals surface area contributed by atoms with Crippen LogP contribution in [-0.2, 0) is 9.59 Å². The normalized spacial score (nSPS) is 10.6. The molecule has 0 aromatic heterocycles. The lowest BCUT2D eigenvalue weighted by molar-refractivity contribution is -0.136. The van der Waals surface area contributed by atoms with E-state index in [1.165, 1.54) is 18.3 Å². The Bertz CT molecular complexity index is 1200. The molecule has 0 spiro atoms. The van der Waals surface area contributed by atoms with Crippen LogP contribution < -0.4 is 15.5 Å². The highest BCUT2D eigenvalue weighted by Gasteiger charge is 2.14. The average molecular weight is 498 g/mol. The Balaban J connectivity index is 1.66. The van der Waals surface area contributed by atoms with Gasteiger partial charge in [-0.3, -0.25) is 9.59 Å². The lowest BCUT2D eigenvalue weighted by atomic mass is 10.1. The summed E-state index contributed by atoms with van der Waals surface area (Å²) in [6, 6.07) is 16.8. The van der Waals surface area contributed by atoms with Crippen molar-refractivity contribution in [3.05, 3.63) is 93.7 Å². The summed E-state index contributed by atoms with van der Waals surface area (Å²) >= 11 is 3.32. The van der Waals surface area contributed by atoms with Gasteiger partial charge in [0, 0.05) is 15.7 Å². The van der Waals surface area contributed by atoms with Crippen molar-refractivity contribution in [3.63, 3.8) is 0 Å². The van der Waals surface area contributed by atoms with E-state index in [9.17, 15) is 18.8 Å². The van der Waals surface area contributed by atoms with E-state index in [0.717, 1.165) is 17.7 Å². The maximum atomic E-state index is 12.9. The number of rotatable bonds is 5. The first-order valence-electron chi connectivity index (χ1n) is 9.30. The summed E-state index contributed by atoms with van der Waals surface area (Å²) in [5.74, 6) is -2.81. The van der Waals surface area contributed by atoms with Crippen molar-refractivity contribution in [1.82, 2.24) is 5.43 Å². The number of amides is 2. The van der Waals surface area contributed by atoms with Gasteiger partial charge in [-0.2, -0.15) is 5.10 Å². The number of nitrogens with zero attached hydrogens (tertiary/aromatic N) is 1. The number of halogens is 2. The molecule has 0 bridgehead atoms. The molecule has 0 unspecified atom stereocenters. The zero-order chi connectivity index (χ0) is 23.1. The highest BCUT2D eigenvalue weighted by atomic mass is 79.9. The molecule has 0 aliphatic carbocycles. The first kappa shape index (κ1) is 22.8. The number of aryl methyl sites for hydroxylation is 1. The van der Waals surface area contributed by atoms with Crippen molar-refractivity contribution in [2.24, 2.45) is 5.10 Å². The summed E-state index contributed by atoms with van der Waals surface area (Å²) in [6.45, 7) is 1.86. The standard InChI is InChI=1S/C23H17BrFN3O4/c1-14-3-2-4-15(11-14)23(31)32-20-10-5-17(24)12-16(20)13-26-28-22(30)21(29)27-19-8-6-18(25)7-9-19/h2-13H,1H3,(H,27,29)(H,28,30)/b26-13+. The molecule has 0 atom stereocenters. The molecule has 3 aromatic rings. The van der Waals surface area contributed by atoms with E-state index in [2.05, 4.69) is 31.8 Å². The Morgan fingerprint density at radius 3 is 2.47 bits per heavy atom. The lowest BCUT2D eigenvalue weighted by Gasteiger charge is -2.08. The molecule has 162 valence electrons. The van der Waals surface area contributed by atoms with Crippen LogP contribution in [0.5, 0.6) is 5.75 Å². The van der Waals surface area contributed by atoms with Crippen LogP contribution in [0.25, 0.3) is 0 Å². The average Bonchev–Trinajstić information content (AvgIpc) is 2.77. The topological polar surface area (TPSA) is 96.9 Å². The van der Waals surface area contributed by atoms with Crippen molar-refractivity contribution >= 4 is 45.6 Å². The van der Waals surface area contributed by atoms with Crippen LogP contribution in [0.1, 0.15) is 21.5 Å². The van der Waals surface area contributed by atoms with Crippen LogP contribution in [0.2, 0.25) is 0 Å². The third-order valence-electron chi connectivity index (χ3n) is 4.11. The Morgan fingerprint density at radius 2 is 1.75 bits per heavy atom. The molecule has 32 heavy (non-hydrogen) atoms. The second-order valence-corrected chi connectivity index (χ2v) is 7.52. The largest absolute Gasteiger partial charge is 0.422 e. The number of anilines is 1. The van der Waals surface area contributed by atoms with Crippen molar-refractivity contribution in [2.45, 2.75) is 6.92 Å². The molecule has 2 N–H and O–H groups in total. The third-order valence-corrected chi connectivity index (χ3v) is 4.60. The van der Waals surface area contributed by atoms with Gasteiger partial charge >= 0.3 is 17.8 Å². The maximum Gasteiger partial charge on any atom is 0.343 e. The van der Waals surface area contributed by atoms with Gasteiger partial charge in [-0.15, -0.1) is 0 Å². The van der Waals surface area contributed by atoms with Gasteiger partial charge in [0.2, 0.25) is 0 Å². The summed E-state index contributed by atoms with van der Waals surface area (Å²) in [7, 11) is 0. The molecular formula is C23H17BrFN3O4. The fourth-order valence-electron chi connectivity index (χ4n) is 2.58. The molecule has 0 radical (unpaired) electrons. The summed E-state index contributed by atoms with van der Waals surface area (Å²) in [6.07, 6.45) is 1.24. The van der Waals surface area contributed by atoms with Crippen molar-refractivity contribution in [1.29, 1.82) is 0 Å². The second kappa shape index (κ2) is 10.5. The zero-order valence-corrected chi connectivity index (χ0v) is 18.4. The van der Waals surface area contributed by atoms with E-state index in [1.54, 1.807) is 36.4 Å². The molecule has 2 amide bonds. The zero-order valence-electron chi connectivity index (χ0n) is 16.8. The quantitative estimate of drug-likeness (QED) is 0.181. The number of hydrazone groups is 1. The number of carbonyl (C=O) groups excluding carboxylic acids is 3. The van der Waals surface area contributed by atoms with E-state index in [0.29, 0.717) is 15.6 Å².